The van der Waals surface area contributed by atoms with Crippen molar-refractivity contribution in [2.45, 2.75) is 117 Å². The molecule has 9 N–H and O–H groups in total. The fourth-order valence-electron chi connectivity index (χ4n) is 5.07. The molecule has 0 radical (unpaired) electrons. The number of nitrogens with one attached hydrogen (secondary N) is 6. The van der Waals surface area contributed by atoms with Crippen molar-refractivity contribution in [1.29, 1.82) is 0 Å². The maximum atomic E-state index is 13.6. The summed E-state index contributed by atoms with van der Waals surface area (Å²) < 4.78 is 0. The number of carbonyl (C=O) groups excluding carboxylic acids is 7. The van der Waals surface area contributed by atoms with Crippen molar-refractivity contribution >= 4 is 47.3 Å². The zero-order valence-electron chi connectivity index (χ0n) is 30.4. The second-order valence-electron chi connectivity index (χ2n) is 13.4. The molecule has 284 valence electrons. The van der Waals surface area contributed by atoms with Crippen molar-refractivity contribution in [2.24, 2.45) is 17.6 Å². The van der Waals surface area contributed by atoms with Gasteiger partial charge in [0.15, 0.2) is 0 Å². The van der Waals surface area contributed by atoms with Crippen LogP contribution in [0.15, 0.2) is 30.3 Å². The summed E-state index contributed by atoms with van der Waals surface area (Å²) in [6.45, 7) is 10.1. The van der Waals surface area contributed by atoms with E-state index in [0.717, 1.165) is 5.56 Å². The Bertz CT molecular complexity index is 1350. The van der Waals surface area contributed by atoms with Gasteiger partial charge in [0.05, 0.1) is 0 Å². The molecule has 1 rings (SSSR count). The highest BCUT2D eigenvalue weighted by atomic mass is 16.4. The Morgan fingerprint density at radius 1 is 0.647 bits per heavy atom. The second kappa shape index (κ2) is 22.6. The minimum absolute atomic E-state index is 0.00915. The molecule has 0 spiro atoms. The fourth-order valence-corrected chi connectivity index (χ4v) is 5.07. The van der Waals surface area contributed by atoms with Gasteiger partial charge in [-0.15, -0.1) is 0 Å². The molecule has 0 aliphatic carbocycles. The van der Waals surface area contributed by atoms with Gasteiger partial charge in [-0.1, -0.05) is 58.0 Å². The molecular formula is C35H55N7O9. The molecule has 0 saturated carbocycles. The van der Waals surface area contributed by atoms with E-state index in [1.807, 2.05) is 33.8 Å². The third-order valence-corrected chi connectivity index (χ3v) is 7.59. The van der Waals surface area contributed by atoms with Crippen LogP contribution in [0.5, 0.6) is 0 Å². The number of nitrogens with two attached hydrogens (primary N) is 1. The lowest BCUT2D eigenvalue weighted by Crippen LogP contribution is -2.59. The van der Waals surface area contributed by atoms with E-state index in [9.17, 15) is 43.5 Å². The van der Waals surface area contributed by atoms with Gasteiger partial charge in [-0.2, -0.15) is 0 Å². The highest BCUT2D eigenvalue weighted by Gasteiger charge is 2.32. The number of rotatable bonds is 23. The summed E-state index contributed by atoms with van der Waals surface area (Å²) in [6, 6.07) is 3.34. The van der Waals surface area contributed by atoms with Gasteiger partial charge in [0.2, 0.25) is 41.4 Å². The maximum absolute atomic E-state index is 13.6. The summed E-state index contributed by atoms with van der Waals surface area (Å²) in [4.78, 5) is 100. The minimum atomic E-state index is -1.35. The number of hydrogen-bond donors (Lipinski definition) is 8. The van der Waals surface area contributed by atoms with Crippen molar-refractivity contribution in [3.8, 4) is 0 Å². The lowest BCUT2D eigenvalue weighted by molar-refractivity contribution is -0.138. The molecule has 5 atom stereocenters. The Hall–Kier alpha value is -5.02. The third kappa shape index (κ3) is 18.5. The van der Waals surface area contributed by atoms with Gasteiger partial charge < -0.3 is 42.7 Å². The van der Waals surface area contributed by atoms with Crippen LogP contribution in [-0.2, 0) is 44.8 Å². The molecule has 0 aliphatic rings. The molecule has 0 heterocycles. The average molecular weight is 718 g/mol. The third-order valence-electron chi connectivity index (χ3n) is 7.59. The number of aliphatic carboxylic acids is 1. The molecule has 1 aromatic carbocycles. The number of benzene rings is 1. The SMILES string of the molecule is CC(=O)N[C@@H](CC(C)C)C(=O)N[C@@H](CCC(=O)O)C(=O)N[C@@H](C)C(=O)N[C@@H](CC(C)C)C(=O)N[C@@H](Cc1ccccc1)C(=O)NCCCC(N)=O. The second-order valence-corrected chi connectivity index (χ2v) is 13.4. The average Bonchev–Trinajstić information content (AvgIpc) is 3.03. The van der Waals surface area contributed by atoms with Gasteiger partial charge >= 0.3 is 5.97 Å². The number of amides is 7. The van der Waals surface area contributed by atoms with E-state index >= 15 is 0 Å². The van der Waals surface area contributed by atoms with Crippen LogP contribution in [0.3, 0.4) is 0 Å². The molecule has 0 saturated heterocycles. The lowest BCUT2D eigenvalue weighted by Gasteiger charge is -2.27. The zero-order chi connectivity index (χ0) is 38.7. The first-order chi connectivity index (χ1) is 23.9. The van der Waals surface area contributed by atoms with Gasteiger partial charge in [0, 0.05) is 32.7 Å². The van der Waals surface area contributed by atoms with Crippen LogP contribution in [0.2, 0.25) is 0 Å². The van der Waals surface area contributed by atoms with Crippen molar-refractivity contribution in [1.82, 2.24) is 31.9 Å². The summed E-state index contributed by atoms with van der Waals surface area (Å²) in [5, 5.41) is 24.8. The number of carboxylic acids is 1. The summed E-state index contributed by atoms with van der Waals surface area (Å²) in [6.07, 6.45) is 0.239. The first-order valence-corrected chi connectivity index (χ1v) is 17.2. The van der Waals surface area contributed by atoms with E-state index in [0.29, 0.717) is 6.42 Å². The van der Waals surface area contributed by atoms with E-state index in [-0.39, 0.29) is 50.5 Å². The predicted molar refractivity (Wildman–Crippen MR) is 188 cm³/mol. The number of primary amides is 1. The van der Waals surface area contributed by atoms with Crippen molar-refractivity contribution < 1.29 is 43.5 Å². The molecule has 1 aromatic rings. The minimum Gasteiger partial charge on any atom is -0.481 e. The first kappa shape index (κ1) is 44.0. The van der Waals surface area contributed by atoms with Crippen LogP contribution >= 0.6 is 0 Å². The number of carbonyl (C=O) groups is 8. The summed E-state index contributed by atoms with van der Waals surface area (Å²) in [5.41, 5.74) is 5.95. The van der Waals surface area contributed by atoms with Gasteiger partial charge in [-0.3, -0.25) is 38.4 Å². The lowest BCUT2D eigenvalue weighted by atomic mass is 10.0. The standard InChI is InChI=1S/C35H55N7O9/c1-20(2)17-26(39-23(6)43)34(50)40-25(14-15-30(45)46)33(49)38-22(5)31(47)41-27(18-21(3)4)35(51)42-28(19-24-11-8-7-9-12-24)32(48)37-16-10-13-29(36)44/h7-9,11-12,20-22,25-28H,10,13-19H2,1-6H3,(H2,36,44)(H,37,48)(H,38,49)(H,39,43)(H,40,50)(H,41,47)(H,42,51)(H,45,46)/t22-,25-,26-,27-,28-/m0/s1. The molecule has 16 nitrogen and oxygen atoms in total. The van der Waals surface area contributed by atoms with Crippen LogP contribution < -0.4 is 37.6 Å². The maximum Gasteiger partial charge on any atom is 0.303 e. The van der Waals surface area contributed by atoms with E-state index in [4.69, 9.17) is 5.73 Å². The zero-order valence-corrected chi connectivity index (χ0v) is 30.4. The normalized spacial score (nSPS) is 13.9. The number of carboxylic acid groups (broad SMARTS) is 1. The first-order valence-electron chi connectivity index (χ1n) is 17.2. The smallest absolute Gasteiger partial charge is 0.303 e. The van der Waals surface area contributed by atoms with Gasteiger partial charge in [0.1, 0.15) is 30.2 Å². The predicted octanol–water partition coefficient (Wildman–Crippen LogP) is 0.0316. The summed E-state index contributed by atoms with van der Waals surface area (Å²) in [5.74, 6) is -5.61. The van der Waals surface area contributed by atoms with E-state index in [1.54, 1.807) is 24.3 Å². The molecule has 0 fully saturated rings. The van der Waals surface area contributed by atoms with E-state index < -0.39 is 83.9 Å². The summed E-state index contributed by atoms with van der Waals surface area (Å²) in [7, 11) is 0. The highest BCUT2D eigenvalue weighted by molar-refractivity contribution is 5.96. The Balaban J connectivity index is 3.10. The highest BCUT2D eigenvalue weighted by Crippen LogP contribution is 2.10. The van der Waals surface area contributed by atoms with Crippen LogP contribution in [0.1, 0.15) is 85.6 Å². The Labute approximate surface area is 299 Å². The molecule has 0 unspecified atom stereocenters. The molecule has 0 bridgehead atoms. The summed E-state index contributed by atoms with van der Waals surface area (Å²) >= 11 is 0. The number of hydrogen-bond acceptors (Lipinski definition) is 8. The van der Waals surface area contributed by atoms with Gasteiger partial charge in [-0.25, -0.2) is 0 Å². The fraction of sp³-hybridized carbons (Fsp3) is 0.600. The quantitative estimate of drug-likeness (QED) is 0.0710. The Kier molecular flexibility index (Phi) is 19.5. The molecule has 51 heavy (non-hydrogen) atoms. The van der Waals surface area contributed by atoms with Crippen molar-refractivity contribution in [3.63, 3.8) is 0 Å². The Morgan fingerprint density at radius 2 is 1.16 bits per heavy atom. The molecule has 0 aromatic heterocycles. The van der Waals surface area contributed by atoms with Crippen LogP contribution in [0.4, 0.5) is 0 Å². The van der Waals surface area contributed by atoms with Gasteiger partial charge in [-0.05, 0) is 50.0 Å². The largest absolute Gasteiger partial charge is 0.481 e. The van der Waals surface area contributed by atoms with Crippen molar-refractivity contribution in [3.05, 3.63) is 35.9 Å². The topological polar surface area (TPSA) is 255 Å². The molecule has 0 aliphatic heterocycles. The van der Waals surface area contributed by atoms with Crippen LogP contribution in [0.25, 0.3) is 0 Å². The monoisotopic (exact) mass is 717 g/mol. The van der Waals surface area contributed by atoms with Crippen molar-refractivity contribution in [2.75, 3.05) is 6.54 Å². The van der Waals surface area contributed by atoms with E-state index in [2.05, 4.69) is 31.9 Å². The Morgan fingerprint density at radius 3 is 1.67 bits per heavy atom. The molecular weight excluding hydrogens is 662 g/mol. The van der Waals surface area contributed by atoms with Crippen LogP contribution in [-0.4, -0.2) is 89.2 Å². The van der Waals surface area contributed by atoms with Crippen LogP contribution in [0, 0.1) is 11.8 Å². The van der Waals surface area contributed by atoms with Gasteiger partial charge in [0.25, 0.3) is 0 Å². The van der Waals surface area contributed by atoms with E-state index in [1.165, 1.54) is 13.8 Å². The molecule has 7 amide bonds. The molecule has 16 heteroatoms.